The topological polar surface area (TPSA) is 117 Å². The largest absolute Gasteiger partial charge is 0.494 e. The highest BCUT2D eigenvalue weighted by Crippen LogP contribution is 2.59. The first kappa shape index (κ1) is 27.1. The van der Waals surface area contributed by atoms with Crippen LogP contribution in [0.4, 0.5) is 5.69 Å². The summed E-state index contributed by atoms with van der Waals surface area (Å²) < 4.78 is 12.0. The molecular formula is C30H37N3O6. The van der Waals surface area contributed by atoms with Gasteiger partial charge in [0, 0.05) is 12.2 Å². The molecule has 3 fully saturated rings. The molecule has 9 nitrogen and oxygen atoms in total. The number of carbonyl (C=O) groups is 3. The molecule has 3 N–H and O–H groups in total. The fourth-order valence-corrected chi connectivity index (χ4v) is 6.57. The van der Waals surface area contributed by atoms with Gasteiger partial charge in [0.15, 0.2) is 0 Å². The van der Waals surface area contributed by atoms with E-state index in [0.717, 1.165) is 18.4 Å². The quantitative estimate of drug-likeness (QED) is 0.381. The molecule has 3 aliphatic heterocycles. The summed E-state index contributed by atoms with van der Waals surface area (Å²) in [6, 6.07) is 14.6. The summed E-state index contributed by atoms with van der Waals surface area (Å²) in [6.45, 7) is 4.61. The van der Waals surface area contributed by atoms with Gasteiger partial charge in [0.2, 0.25) is 17.7 Å². The van der Waals surface area contributed by atoms with Crippen LogP contribution in [0.5, 0.6) is 5.75 Å². The first-order valence-electron chi connectivity index (χ1n) is 13.9. The number of carbonyl (C=O) groups excluding carboxylic acids is 3. The minimum absolute atomic E-state index is 0.304. The Morgan fingerprint density at radius 1 is 1.13 bits per heavy atom. The summed E-state index contributed by atoms with van der Waals surface area (Å²) in [5.41, 5.74) is 0.191. The maximum Gasteiger partial charge on any atom is 0.245 e. The van der Waals surface area contributed by atoms with Gasteiger partial charge >= 0.3 is 0 Å². The third-order valence-electron chi connectivity index (χ3n) is 8.24. The van der Waals surface area contributed by atoms with Crippen molar-refractivity contribution < 1.29 is 29.0 Å². The molecule has 2 aromatic carbocycles. The van der Waals surface area contributed by atoms with Crippen LogP contribution in [0.15, 0.2) is 54.6 Å². The molecule has 3 amide bonds. The molecule has 0 saturated carbocycles. The summed E-state index contributed by atoms with van der Waals surface area (Å²) in [6.07, 6.45) is 2.33. The lowest BCUT2D eigenvalue weighted by atomic mass is 9.70. The third-order valence-corrected chi connectivity index (χ3v) is 8.24. The highest BCUT2D eigenvalue weighted by atomic mass is 16.5. The molecule has 2 unspecified atom stereocenters. The Balaban J connectivity index is 1.47. The molecule has 3 aliphatic rings. The summed E-state index contributed by atoms with van der Waals surface area (Å²) in [7, 11) is 0. The van der Waals surface area contributed by atoms with E-state index in [-0.39, 0.29) is 24.3 Å². The highest BCUT2D eigenvalue weighted by molar-refractivity contribution is 6.02. The number of rotatable bonds is 11. The molecule has 6 atom stereocenters. The maximum absolute atomic E-state index is 14.2. The summed E-state index contributed by atoms with van der Waals surface area (Å²) >= 11 is 0. The molecule has 0 radical (unpaired) electrons. The molecule has 0 aromatic heterocycles. The van der Waals surface area contributed by atoms with Crippen LogP contribution in [0, 0.1) is 11.8 Å². The number of hydrogen-bond donors (Lipinski definition) is 3. The first-order chi connectivity index (χ1) is 18.9. The lowest BCUT2D eigenvalue weighted by molar-refractivity contribution is -0.145. The number of benzene rings is 2. The van der Waals surface area contributed by atoms with Crippen LogP contribution >= 0.6 is 0 Å². The number of nitrogens with zero attached hydrogens (tertiary/aromatic N) is 1. The van der Waals surface area contributed by atoms with Crippen LogP contribution in [0.1, 0.15) is 51.1 Å². The second-order valence-corrected chi connectivity index (χ2v) is 10.5. The Hall–Kier alpha value is -3.43. The van der Waals surface area contributed by atoms with Crippen molar-refractivity contribution in [1.82, 2.24) is 10.2 Å². The zero-order valence-corrected chi connectivity index (χ0v) is 22.5. The maximum atomic E-state index is 14.2. The zero-order chi connectivity index (χ0) is 27.6. The number of amides is 3. The van der Waals surface area contributed by atoms with E-state index in [0.29, 0.717) is 37.4 Å². The molecule has 1 spiro atoms. The molecule has 3 saturated heterocycles. The normalized spacial score (nSPS) is 27.8. The average Bonchev–Trinajstić information content (AvgIpc) is 3.59. The minimum Gasteiger partial charge on any atom is -0.494 e. The SMILES string of the molecule is CCCCNC(=O)C1N([C@H](CO)c2ccccc2)C(=O)[C@@H]2[C@H](C(=O)Nc3ccc(OCC)cc3)[C@@H]3CCC12O3. The molecule has 9 heteroatoms. The fraction of sp³-hybridized carbons (Fsp3) is 0.500. The Bertz CT molecular complexity index is 1190. The van der Waals surface area contributed by atoms with Gasteiger partial charge in [-0.05, 0) is 56.0 Å². The van der Waals surface area contributed by atoms with Crippen LogP contribution < -0.4 is 15.4 Å². The number of aliphatic hydroxyl groups excluding tert-OH is 1. The Morgan fingerprint density at radius 3 is 2.54 bits per heavy atom. The molecule has 0 aliphatic carbocycles. The van der Waals surface area contributed by atoms with Gasteiger partial charge in [0.1, 0.15) is 17.4 Å². The molecule has 3 heterocycles. The Morgan fingerprint density at radius 2 is 1.87 bits per heavy atom. The van der Waals surface area contributed by atoms with Gasteiger partial charge in [0.25, 0.3) is 0 Å². The lowest BCUT2D eigenvalue weighted by Gasteiger charge is -2.36. The van der Waals surface area contributed by atoms with Crippen molar-refractivity contribution in [3.63, 3.8) is 0 Å². The molecule has 2 aromatic rings. The van der Waals surface area contributed by atoms with E-state index in [4.69, 9.17) is 9.47 Å². The van der Waals surface area contributed by atoms with Gasteiger partial charge in [-0.2, -0.15) is 0 Å². The van der Waals surface area contributed by atoms with Crippen LogP contribution in [0.3, 0.4) is 0 Å². The highest BCUT2D eigenvalue weighted by Gasteiger charge is 2.75. The molecular weight excluding hydrogens is 498 g/mol. The van der Waals surface area contributed by atoms with Gasteiger partial charge < -0.3 is 30.1 Å². The third kappa shape index (κ3) is 4.78. The Labute approximate surface area is 228 Å². The van der Waals surface area contributed by atoms with Crippen molar-refractivity contribution in [2.45, 2.75) is 63.3 Å². The van der Waals surface area contributed by atoms with Gasteiger partial charge in [-0.3, -0.25) is 14.4 Å². The van der Waals surface area contributed by atoms with Gasteiger partial charge in [-0.15, -0.1) is 0 Å². The van der Waals surface area contributed by atoms with Crippen LogP contribution in [-0.2, 0) is 19.1 Å². The Kier molecular flexibility index (Phi) is 7.91. The van der Waals surface area contributed by atoms with E-state index in [1.165, 1.54) is 4.90 Å². The first-order valence-corrected chi connectivity index (χ1v) is 13.9. The van der Waals surface area contributed by atoms with Gasteiger partial charge in [-0.1, -0.05) is 43.7 Å². The van der Waals surface area contributed by atoms with E-state index in [9.17, 15) is 19.5 Å². The summed E-state index contributed by atoms with van der Waals surface area (Å²) in [4.78, 5) is 43.1. The van der Waals surface area contributed by atoms with Crippen molar-refractivity contribution in [2.24, 2.45) is 11.8 Å². The molecule has 208 valence electrons. The molecule has 39 heavy (non-hydrogen) atoms. The van der Waals surface area contributed by atoms with Gasteiger partial charge in [-0.25, -0.2) is 0 Å². The van der Waals surface area contributed by atoms with Gasteiger partial charge in [0.05, 0.1) is 37.2 Å². The number of aliphatic hydroxyl groups is 1. The van der Waals surface area contributed by atoms with Crippen molar-refractivity contribution in [3.8, 4) is 5.75 Å². The standard InChI is InChI=1S/C30H37N3O6/c1-3-5-17-31-28(36)26-30-16-15-23(39-30)24(27(35)32-20-11-13-21(14-12-20)38-4-2)25(30)29(37)33(26)22(18-34)19-9-7-6-8-10-19/h6-14,22-26,34H,3-5,15-18H2,1-2H3,(H,31,36)(H,32,35)/t22-,23+,24-,25+,26?,30?/m1/s1. The van der Waals surface area contributed by atoms with E-state index < -0.39 is 35.6 Å². The van der Waals surface area contributed by atoms with Crippen molar-refractivity contribution in [3.05, 3.63) is 60.2 Å². The summed E-state index contributed by atoms with van der Waals surface area (Å²) in [5, 5.41) is 16.4. The minimum atomic E-state index is -1.12. The van der Waals surface area contributed by atoms with Crippen LogP contribution in [-0.4, -0.2) is 65.2 Å². The van der Waals surface area contributed by atoms with Crippen LogP contribution in [0.2, 0.25) is 0 Å². The number of ether oxygens (including phenoxy) is 2. The number of fused-ring (bicyclic) bond motifs is 1. The average molecular weight is 536 g/mol. The van der Waals surface area contributed by atoms with Crippen molar-refractivity contribution in [2.75, 3.05) is 25.1 Å². The van der Waals surface area contributed by atoms with Crippen molar-refractivity contribution >= 4 is 23.4 Å². The van der Waals surface area contributed by atoms with E-state index in [1.807, 2.05) is 44.2 Å². The van der Waals surface area contributed by atoms with Crippen molar-refractivity contribution in [1.29, 1.82) is 0 Å². The van der Waals surface area contributed by atoms with E-state index >= 15 is 0 Å². The monoisotopic (exact) mass is 535 g/mol. The number of anilines is 1. The molecule has 5 rings (SSSR count). The number of hydrogen-bond acceptors (Lipinski definition) is 6. The second kappa shape index (κ2) is 11.4. The predicted octanol–water partition coefficient (Wildman–Crippen LogP) is 3.05. The van der Waals surface area contributed by atoms with E-state index in [2.05, 4.69) is 10.6 Å². The zero-order valence-electron chi connectivity index (χ0n) is 22.5. The lowest BCUT2D eigenvalue weighted by Crippen LogP contribution is -2.56. The predicted molar refractivity (Wildman–Crippen MR) is 145 cm³/mol. The summed E-state index contributed by atoms with van der Waals surface area (Å²) in [5.74, 6) is -1.81. The number of unbranched alkanes of at least 4 members (excludes halogenated alkanes) is 1. The number of nitrogens with one attached hydrogen (secondary N) is 2. The molecule has 2 bridgehead atoms. The van der Waals surface area contributed by atoms with Crippen LogP contribution in [0.25, 0.3) is 0 Å². The number of likely N-dealkylation sites (tertiary alicyclic amines) is 1. The van der Waals surface area contributed by atoms with E-state index in [1.54, 1.807) is 24.3 Å². The smallest absolute Gasteiger partial charge is 0.245 e. The fourth-order valence-electron chi connectivity index (χ4n) is 6.57. The second-order valence-electron chi connectivity index (χ2n) is 10.5.